The second-order valence-electron chi connectivity index (χ2n) is 18.5. The van der Waals surface area contributed by atoms with E-state index in [1.165, 1.54) is 130 Å². The average molecular weight is 848 g/mol. The molecule has 13 aromatic rings. The van der Waals surface area contributed by atoms with Crippen LogP contribution in [-0.2, 0) is 6.42 Å². The molecule has 2 unspecified atom stereocenters. The normalized spacial score (nSPS) is 16.7. The lowest BCUT2D eigenvalue weighted by atomic mass is 9.80. The molecule has 9 aromatic carbocycles. The van der Waals surface area contributed by atoms with Crippen molar-refractivity contribution in [1.29, 1.82) is 0 Å². The van der Waals surface area contributed by atoms with Crippen molar-refractivity contribution in [3.8, 4) is 11.1 Å². The van der Waals surface area contributed by atoms with E-state index in [1.807, 2.05) is 11.3 Å². The number of benzene rings is 9. The minimum Gasteiger partial charge on any atom is -0.308 e. The fourth-order valence-corrected chi connectivity index (χ4v) is 13.8. The molecule has 2 aliphatic rings. The zero-order chi connectivity index (χ0) is 42.5. The first-order valence-corrected chi connectivity index (χ1v) is 23.9. The van der Waals surface area contributed by atoms with E-state index in [4.69, 9.17) is 4.99 Å². The van der Waals surface area contributed by atoms with Gasteiger partial charge in [-0.2, -0.15) is 0 Å². The first-order valence-electron chi connectivity index (χ1n) is 23.1. The summed E-state index contributed by atoms with van der Waals surface area (Å²) in [6, 6.07) is 66.1. The van der Waals surface area contributed by atoms with Gasteiger partial charge in [0.05, 0.1) is 38.2 Å². The Hall–Kier alpha value is -7.53. The number of aliphatic imine (C=N–C) groups is 1. The van der Waals surface area contributed by atoms with Crippen molar-refractivity contribution >= 4 is 114 Å². The van der Waals surface area contributed by atoms with E-state index in [-0.39, 0.29) is 11.8 Å². The topological polar surface area (TPSA) is 21.7 Å². The van der Waals surface area contributed by atoms with Crippen LogP contribution in [-0.4, -0.2) is 14.7 Å². The van der Waals surface area contributed by atoms with Gasteiger partial charge in [-0.05, 0) is 122 Å². The zero-order valence-corrected chi connectivity index (χ0v) is 36.7. The summed E-state index contributed by atoms with van der Waals surface area (Å²) in [7, 11) is 0. The molecule has 0 amide bonds. The fraction of sp³-hybridized carbons (Fsp3) is 0.0984. The maximum absolute atomic E-state index is 6.23. The van der Waals surface area contributed by atoms with Gasteiger partial charge in [-0.25, -0.2) is 4.99 Å². The molecule has 3 nitrogen and oxygen atoms in total. The van der Waals surface area contributed by atoms with Gasteiger partial charge in [0.15, 0.2) is 0 Å². The molecule has 0 radical (unpaired) electrons. The summed E-state index contributed by atoms with van der Waals surface area (Å²) in [6.45, 7) is 2.44. The van der Waals surface area contributed by atoms with Crippen LogP contribution in [0.3, 0.4) is 0 Å². The Morgan fingerprint density at radius 1 is 0.538 bits per heavy atom. The van der Waals surface area contributed by atoms with E-state index >= 15 is 0 Å². The predicted octanol–water partition coefficient (Wildman–Crippen LogP) is 16.7. The molecule has 0 N–H and O–H groups in total. The highest BCUT2D eigenvalue weighted by Gasteiger charge is 2.36. The molecule has 4 heteroatoms. The lowest BCUT2D eigenvalue weighted by Crippen LogP contribution is -2.18. The van der Waals surface area contributed by atoms with Crippen LogP contribution in [0.1, 0.15) is 53.2 Å². The lowest BCUT2D eigenvalue weighted by molar-refractivity contribution is 0.765. The Morgan fingerprint density at radius 3 is 1.98 bits per heavy atom. The number of rotatable bonds is 2. The molecule has 0 spiro atoms. The number of aromatic nitrogens is 2. The van der Waals surface area contributed by atoms with Gasteiger partial charge >= 0.3 is 0 Å². The molecule has 2 atom stereocenters. The molecule has 0 saturated carbocycles. The molecule has 0 fully saturated rings. The van der Waals surface area contributed by atoms with E-state index < -0.39 is 0 Å². The Balaban J connectivity index is 1.11. The van der Waals surface area contributed by atoms with Crippen molar-refractivity contribution in [3.63, 3.8) is 0 Å². The third-order valence-electron chi connectivity index (χ3n) is 15.1. The highest BCUT2D eigenvalue weighted by molar-refractivity contribution is 7.21. The van der Waals surface area contributed by atoms with Crippen LogP contribution in [0.25, 0.3) is 108 Å². The van der Waals surface area contributed by atoms with Gasteiger partial charge in [-0.3, -0.25) is 4.57 Å². The maximum atomic E-state index is 6.23. The molecular formula is C61H41N3S. The molecule has 65 heavy (non-hydrogen) atoms. The first-order chi connectivity index (χ1) is 32.2. The van der Waals surface area contributed by atoms with E-state index in [0.29, 0.717) is 0 Å². The van der Waals surface area contributed by atoms with Gasteiger partial charge < -0.3 is 4.40 Å². The number of allylic oxidation sites excluding steroid dienone is 1. The SMILES string of the molecule is CC1CC=C(n2c3ccccc3c3c4ccccc4ccc32)N=C(C2CCc3ccc4ccccc4c3-c3cc4c5ccccc5n5c6ccccc6c(c32)c45)c2sc3ccccc3c21. The molecule has 4 aromatic heterocycles. The number of thiophene rings is 1. The smallest absolute Gasteiger partial charge is 0.133 e. The molecule has 15 rings (SSSR count). The van der Waals surface area contributed by atoms with E-state index in [1.54, 1.807) is 0 Å². The number of aryl methyl sites for hydroxylation is 1. The molecule has 0 bridgehead atoms. The standard InChI is InChI=1S/C61H41N3S/c1-35-26-33-53(63-49-23-11-7-19-42(49)56-40-17-5-3-15-37(40)30-32-51(56)63)62-59(61-54(35)44-21-9-13-25-52(44)65-61)45-31-29-38-28-27-36-14-2-4-16-39(36)55(38)47-34-46-41-18-6-10-22-48(41)64-50-24-12-8-20-43(50)58(57(45)47)60(46)64/h2-25,27-28,30,32-35,45H,26,29,31H2,1H3. The summed E-state index contributed by atoms with van der Waals surface area (Å²) in [5.74, 6) is 1.28. The van der Waals surface area contributed by atoms with Crippen molar-refractivity contribution < 1.29 is 0 Å². The Kier molecular flexibility index (Phi) is 7.32. The number of fused-ring (bicyclic) bond motifs is 20. The quantitative estimate of drug-likeness (QED) is 0.165. The van der Waals surface area contributed by atoms with Gasteiger partial charge in [0.25, 0.3) is 0 Å². The molecule has 306 valence electrons. The zero-order valence-electron chi connectivity index (χ0n) is 35.8. The third-order valence-corrected chi connectivity index (χ3v) is 16.3. The van der Waals surface area contributed by atoms with Crippen molar-refractivity contribution in [1.82, 2.24) is 8.97 Å². The largest absolute Gasteiger partial charge is 0.308 e. The van der Waals surface area contributed by atoms with Crippen molar-refractivity contribution in [2.75, 3.05) is 0 Å². The minimum atomic E-state index is -0.0115. The summed E-state index contributed by atoms with van der Waals surface area (Å²) in [4.78, 5) is 7.57. The maximum Gasteiger partial charge on any atom is 0.133 e. The van der Waals surface area contributed by atoms with Crippen LogP contribution in [0.2, 0.25) is 0 Å². The van der Waals surface area contributed by atoms with Crippen molar-refractivity contribution in [2.24, 2.45) is 4.99 Å². The number of nitrogens with zero attached hydrogens (tertiary/aromatic N) is 3. The van der Waals surface area contributed by atoms with Crippen LogP contribution in [0.15, 0.2) is 187 Å². The second-order valence-corrected chi connectivity index (χ2v) is 19.5. The molecule has 1 aliphatic carbocycles. The Morgan fingerprint density at radius 2 is 1.17 bits per heavy atom. The van der Waals surface area contributed by atoms with Gasteiger partial charge in [-0.15, -0.1) is 11.3 Å². The van der Waals surface area contributed by atoms with Crippen LogP contribution in [0, 0.1) is 0 Å². The van der Waals surface area contributed by atoms with Crippen molar-refractivity contribution in [3.05, 3.63) is 204 Å². The Bertz CT molecular complexity index is 4250. The van der Waals surface area contributed by atoms with Gasteiger partial charge in [0.2, 0.25) is 0 Å². The monoisotopic (exact) mass is 847 g/mol. The second kappa shape index (κ2) is 13.3. The number of para-hydroxylation sites is 3. The van der Waals surface area contributed by atoms with E-state index in [0.717, 1.165) is 25.1 Å². The number of hydrogen-bond donors (Lipinski definition) is 0. The van der Waals surface area contributed by atoms with Crippen LogP contribution in [0.5, 0.6) is 0 Å². The highest BCUT2D eigenvalue weighted by Crippen LogP contribution is 2.53. The molecule has 1 aliphatic heterocycles. The fourth-order valence-electron chi connectivity index (χ4n) is 12.4. The summed E-state index contributed by atoms with van der Waals surface area (Å²) in [5.41, 5.74) is 14.4. The van der Waals surface area contributed by atoms with Crippen molar-refractivity contribution in [2.45, 2.75) is 38.0 Å². The van der Waals surface area contributed by atoms with E-state index in [2.05, 4.69) is 198 Å². The van der Waals surface area contributed by atoms with Gasteiger partial charge in [0.1, 0.15) is 5.82 Å². The predicted molar refractivity (Wildman–Crippen MR) is 278 cm³/mol. The Labute approximate surface area is 379 Å². The molecule has 5 heterocycles. The minimum absolute atomic E-state index is 0.0115. The molecular weight excluding hydrogens is 807 g/mol. The van der Waals surface area contributed by atoms with Gasteiger partial charge in [0, 0.05) is 42.9 Å². The summed E-state index contributed by atoms with van der Waals surface area (Å²) >= 11 is 1.95. The van der Waals surface area contributed by atoms with Crippen LogP contribution in [0.4, 0.5) is 0 Å². The summed E-state index contributed by atoms with van der Waals surface area (Å²) < 4.78 is 6.37. The third kappa shape index (κ3) is 4.82. The van der Waals surface area contributed by atoms with E-state index in [9.17, 15) is 0 Å². The van der Waals surface area contributed by atoms with Crippen LogP contribution >= 0.6 is 11.3 Å². The summed E-state index contributed by atoms with van der Waals surface area (Å²) in [6.07, 6.45) is 5.22. The average Bonchev–Trinajstić information content (AvgIpc) is 4.07. The van der Waals surface area contributed by atoms with Crippen LogP contribution < -0.4 is 0 Å². The lowest BCUT2D eigenvalue weighted by Gasteiger charge is -2.26. The summed E-state index contributed by atoms with van der Waals surface area (Å²) in [5, 5.41) is 14.3. The molecule has 0 saturated heterocycles. The highest BCUT2D eigenvalue weighted by atomic mass is 32.1. The number of hydrogen-bond acceptors (Lipinski definition) is 2. The van der Waals surface area contributed by atoms with Gasteiger partial charge in [-0.1, -0.05) is 146 Å². The first kappa shape index (κ1) is 35.9.